The summed E-state index contributed by atoms with van der Waals surface area (Å²) in [4.78, 5) is 13.7. The Morgan fingerprint density at radius 1 is 1.53 bits per heavy atom. The van der Waals surface area contributed by atoms with Crippen LogP contribution in [0.2, 0.25) is 5.02 Å². The zero-order chi connectivity index (χ0) is 13.8. The van der Waals surface area contributed by atoms with Crippen LogP contribution in [0.3, 0.4) is 0 Å². The molecule has 102 valence electrons. The molecule has 0 aliphatic carbocycles. The molecule has 0 bridgehead atoms. The normalized spacial score (nSPS) is 19.5. The average Bonchev–Trinajstić information content (AvgIpc) is 2.90. The third kappa shape index (κ3) is 2.90. The van der Waals surface area contributed by atoms with Crippen LogP contribution in [0.5, 0.6) is 0 Å². The number of likely N-dealkylation sites (tertiary alicyclic amines) is 1. The molecule has 1 heterocycles. The number of nitrogens with zero attached hydrogens (tertiary/aromatic N) is 2. The van der Waals surface area contributed by atoms with Gasteiger partial charge in [0.15, 0.2) is 5.84 Å². The molecule has 1 aromatic rings. The lowest BCUT2D eigenvalue weighted by Gasteiger charge is -2.24. The largest absolute Gasteiger partial charge is 0.409 e. The summed E-state index contributed by atoms with van der Waals surface area (Å²) in [5.41, 5.74) is 6.12. The summed E-state index contributed by atoms with van der Waals surface area (Å²) in [5.74, 6) is 0.0480. The Morgan fingerprint density at radius 2 is 2.26 bits per heavy atom. The van der Waals surface area contributed by atoms with Crippen molar-refractivity contribution in [2.75, 3.05) is 11.9 Å². The number of carbonyl (C=O) groups is 1. The number of rotatable bonds is 2. The van der Waals surface area contributed by atoms with Crippen molar-refractivity contribution >= 4 is 29.2 Å². The number of para-hydroxylation sites is 1. The molecule has 7 heteroatoms. The molecule has 6 nitrogen and oxygen atoms in total. The Kier molecular flexibility index (Phi) is 4.11. The van der Waals surface area contributed by atoms with Gasteiger partial charge in [-0.05, 0) is 25.0 Å². The van der Waals surface area contributed by atoms with Crippen molar-refractivity contribution in [3.05, 3.63) is 29.3 Å². The molecule has 1 aliphatic rings. The van der Waals surface area contributed by atoms with Crippen LogP contribution in [0.4, 0.5) is 10.5 Å². The van der Waals surface area contributed by atoms with Gasteiger partial charge in [0, 0.05) is 6.54 Å². The maximum Gasteiger partial charge on any atom is 0.322 e. The van der Waals surface area contributed by atoms with E-state index in [1.807, 2.05) is 0 Å². The van der Waals surface area contributed by atoms with Crippen LogP contribution < -0.4 is 11.1 Å². The molecule has 0 saturated carbocycles. The number of amidine groups is 1. The van der Waals surface area contributed by atoms with E-state index >= 15 is 0 Å². The van der Waals surface area contributed by atoms with Crippen molar-refractivity contribution < 1.29 is 10.0 Å². The number of amides is 2. The molecule has 1 fully saturated rings. The molecular weight excluding hydrogens is 268 g/mol. The number of halogens is 1. The third-order valence-electron chi connectivity index (χ3n) is 3.09. The first-order chi connectivity index (χ1) is 9.13. The zero-order valence-electron chi connectivity index (χ0n) is 10.2. The first-order valence-electron chi connectivity index (χ1n) is 5.93. The molecule has 0 aromatic heterocycles. The van der Waals surface area contributed by atoms with E-state index in [1.54, 1.807) is 29.2 Å². The van der Waals surface area contributed by atoms with Crippen LogP contribution in [0, 0.1) is 0 Å². The van der Waals surface area contributed by atoms with Gasteiger partial charge >= 0.3 is 6.03 Å². The smallest absolute Gasteiger partial charge is 0.322 e. The Morgan fingerprint density at radius 3 is 2.95 bits per heavy atom. The molecule has 0 radical (unpaired) electrons. The van der Waals surface area contributed by atoms with Gasteiger partial charge in [-0.2, -0.15) is 0 Å². The van der Waals surface area contributed by atoms with Gasteiger partial charge in [-0.3, -0.25) is 0 Å². The molecule has 1 atom stereocenters. The topological polar surface area (TPSA) is 91.0 Å². The second-order valence-corrected chi connectivity index (χ2v) is 4.69. The second kappa shape index (κ2) is 5.79. The highest BCUT2D eigenvalue weighted by molar-refractivity contribution is 6.33. The van der Waals surface area contributed by atoms with Crippen molar-refractivity contribution in [2.24, 2.45) is 10.9 Å². The van der Waals surface area contributed by atoms with Crippen LogP contribution in [0.25, 0.3) is 0 Å². The Balaban J connectivity index is 2.10. The highest BCUT2D eigenvalue weighted by Gasteiger charge is 2.32. The standard InChI is InChI=1S/C12H15ClN4O2/c13-8-4-1-2-5-9(8)15-12(18)17-7-3-6-10(17)11(14)16-19/h1-2,4-5,10,19H,3,6-7H2,(H2,14,16)(H,15,18). The molecule has 0 spiro atoms. The van der Waals surface area contributed by atoms with Crippen molar-refractivity contribution in [3.63, 3.8) is 0 Å². The number of nitrogens with one attached hydrogen (secondary N) is 1. The summed E-state index contributed by atoms with van der Waals surface area (Å²) in [6.45, 7) is 0.567. The zero-order valence-corrected chi connectivity index (χ0v) is 11.0. The Hall–Kier alpha value is -1.95. The van der Waals surface area contributed by atoms with Gasteiger partial charge in [-0.1, -0.05) is 28.9 Å². The minimum Gasteiger partial charge on any atom is -0.409 e. The molecular formula is C12H15ClN4O2. The molecule has 19 heavy (non-hydrogen) atoms. The van der Waals surface area contributed by atoms with Crippen LogP contribution in [-0.2, 0) is 0 Å². The molecule has 1 saturated heterocycles. The Labute approximate surface area is 115 Å². The van der Waals surface area contributed by atoms with Crippen molar-refractivity contribution in [2.45, 2.75) is 18.9 Å². The molecule has 1 unspecified atom stereocenters. The monoisotopic (exact) mass is 282 g/mol. The van der Waals surface area contributed by atoms with Gasteiger partial charge in [0.1, 0.15) is 0 Å². The van der Waals surface area contributed by atoms with E-state index in [2.05, 4.69) is 10.5 Å². The van der Waals surface area contributed by atoms with Gasteiger partial charge in [0.2, 0.25) is 0 Å². The number of oxime groups is 1. The van der Waals surface area contributed by atoms with Crippen molar-refractivity contribution in [3.8, 4) is 0 Å². The fourth-order valence-corrected chi connectivity index (χ4v) is 2.32. The summed E-state index contributed by atoms with van der Waals surface area (Å²) in [7, 11) is 0. The van der Waals surface area contributed by atoms with Gasteiger partial charge < -0.3 is 21.2 Å². The number of urea groups is 1. The van der Waals surface area contributed by atoms with Gasteiger partial charge in [-0.15, -0.1) is 0 Å². The molecule has 2 amide bonds. The van der Waals surface area contributed by atoms with E-state index < -0.39 is 0 Å². The first-order valence-corrected chi connectivity index (χ1v) is 6.31. The van der Waals surface area contributed by atoms with Crippen LogP contribution >= 0.6 is 11.6 Å². The summed E-state index contributed by atoms with van der Waals surface area (Å²) in [6, 6.07) is 6.31. The molecule has 2 rings (SSSR count). The SMILES string of the molecule is NC(=NO)C1CCCN1C(=O)Nc1ccccc1Cl. The lowest BCUT2D eigenvalue weighted by molar-refractivity contribution is 0.215. The quantitative estimate of drug-likeness (QED) is 0.336. The number of nitrogens with two attached hydrogens (primary N) is 1. The summed E-state index contributed by atoms with van der Waals surface area (Å²) < 4.78 is 0. The first kappa shape index (κ1) is 13.5. The minimum atomic E-state index is -0.368. The highest BCUT2D eigenvalue weighted by Crippen LogP contribution is 2.23. The summed E-state index contributed by atoms with van der Waals surface area (Å²) in [6.07, 6.45) is 1.50. The number of anilines is 1. The lowest BCUT2D eigenvalue weighted by atomic mass is 10.2. The van der Waals surface area contributed by atoms with E-state index in [1.165, 1.54) is 0 Å². The van der Waals surface area contributed by atoms with Crippen LogP contribution in [-0.4, -0.2) is 34.6 Å². The fraction of sp³-hybridized carbons (Fsp3) is 0.333. The lowest BCUT2D eigenvalue weighted by Crippen LogP contribution is -2.45. The summed E-state index contributed by atoms with van der Waals surface area (Å²) in [5, 5.41) is 14.9. The second-order valence-electron chi connectivity index (χ2n) is 4.29. The summed E-state index contributed by atoms with van der Waals surface area (Å²) >= 11 is 5.98. The maximum absolute atomic E-state index is 12.2. The van der Waals surface area contributed by atoms with E-state index in [0.717, 1.165) is 6.42 Å². The van der Waals surface area contributed by atoms with Crippen molar-refractivity contribution in [1.82, 2.24) is 4.90 Å². The predicted molar refractivity (Wildman–Crippen MR) is 73.6 cm³/mol. The highest BCUT2D eigenvalue weighted by atomic mass is 35.5. The number of carbonyl (C=O) groups excluding carboxylic acids is 1. The fourth-order valence-electron chi connectivity index (χ4n) is 2.13. The van der Waals surface area contributed by atoms with Crippen molar-refractivity contribution in [1.29, 1.82) is 0 Å². The van der Waals surface area contributed by atoms with E-state index in [4.69, 9.17) is 22.5 Å². The maximum atomic E-state index is 12.2. The van der Waals surface area contributed by atoms with E-state index in [9.17, 15) is 4.79 Å². The molecule has 4 N–H and O–H groups in total. The van der Waals surface area contributed by atoms with E-state index in [0.29, 0.717) is 23.7 Å². The van der Waals surface area contributed by atoms with Crippen LogP contribution in [0.1, 0.15) is 12.8 Å². The van der Waals surface area contributed by atoms with Gasteiger partial charge in [0.25, 0.3) is 0 Å². The molecule has 1 aliphatic heterocycles. The number of benzene rings is 1. The number of hydrogen-bond donors (Lipinski definition) is 3. The van der Waals surface area contributed by atoms with Crippen LogP contribution in [0.15, 0.2) is 29.4 Å². The van der Waals surface area contributed by atoms with Gasteiger partial charge in [-0.25, -0.2) is 4.79 Å². The minimum absolute atomic E-state index is 0.0480. The molecule has 1 aromatic carbocycles. The van der Waals surface area contributed by atoms with E-state index in [-0.39, 0.29) is 17.9 Å². The third-order valence-corrected chi connectivity index (χ3v) is 3.42. The predicted octanol–water partition coefficient (Wildman–Crippen LogP) is 2.08. The Bertz CT molecular complexity index is 506. The van der Waals surface area contributed by atoms with Gasteiger partial charge in [0.05, 0.1) is 16.8 Å². The average molecular weight is 283 g/mol. The number of hydrogen-bond acceptors (Lipinski definition) is 3.